The van der Waals surface area contributed by atoms with E-state index in [-0.39, 0.29) is 24.4 Å². The van der Waals surface area contributed by atoms with E-state index < -0.39 is 0 Å². The fourth-order valence-electron chi connectivity index (χ4n) is 4.84. The van der Waals surface area contributed by atoms with E-state index in [1.807, 2.05) is 72.8 Å². The quantitative estimate of drug-likeness (QED) is 0.245. The number of benzene rings is 2. The number of primary amides is 1. The number of rotatable bonds is 9. The van der Waals surface area contributed by atoms with Crippen LogP contribution in [0.4, 0.5) is 11.5 Å². The number of pyridine rings is 1. The normalized spacial score (nSPS) is 15.1. The molecule has 204 valence electrons. The lowest BCUT2D eigenvalue weighted by atomic mass is 10.2. The van der Waals surface area contributed by atoms with E-state index in [9.17, 15) is 4.79 Å². The number of hydrogen-bond donors (Lipinski definition) is 2. The Bertz CT molecular complexity index is 1590. The molecule has 0 aliphatic carbocycles. The highest BCUT2D eigenvalue weighted by atomic mass is 35.5. The summed E-state index contributed by atoms with van der Waals surface area (Å²) in [5.41, 5.74) is 8.93. The van der Waals surface area contributed by atoms with Gasteiger partial charge in [-0.3, -0.25) is 14.7 Å². The fraction of sp³-hybridized carbons (Fsp3) is 0.200. The number of nitrogens with one attached hydrogen (secondary N) is 1. The number of nitrogens with zero attached hydrogens (tertiary/aromatic N) is 4. The van der Waals surface area contributed by atoms with Crippen molar-refractivity contribution in [1.29, 1.82) is 0 Å². The fourth-order valence-corrected chi connectivity index (χ4v) is 4.84. The molecule has 0 saturated carbocycles. The molecule has 1 amide bonds. The van der Waals surface area contributed by atoms with Crippen LogP contribution in [0.2, 0.25) is 0 Å². The van der Waals surface area contributed by atoms with Crippen LogP contribution in [0.1, 0.15) is 24.2 Å². The Hall–Kier alpha value is -4.47. The molecule has 9 nitrogen and oxygen atoms in total. The Morgan fingerprint density at radius 2 is 1.88 bits per heavy atom. The van der Waals surface area contributed by atoms with Gasteiger partial charge in [-0.1, -0.05) is 30.3 Å². The number of likely N-dealkylation sites (tertiary alicyclic amines) is 1. The number of halogens is 1. The molecule has 1 atom stereocenters. The van der Waals surface area contributed by atoms with Gasteiger partial charge in [0.2, 0.25) is 5.91 Å². The summed E-state index contributed by atoms with van der Waals surface area (Å²) in [6.07, 6.45) is 4.96. The molecule has 6 rings (SSSR count). The number of nitrogens with two attached hydrogens (primary N) is 1. The average molecular weight is 557 g/mol. The van der Waals surface area contributed by atoms with Crippen molar-refractivity contribution < 1.29 is 13.9 Å². The zero-order valence-corrected chi connectivity index (χ0v) is 22.5. The second-order valence-electron chi connectivity index (χ2n) is 9.53. The third-order valence-corrected chi connectivity index (χ3v) is 6.85. The predicted molar refractivity (Wildman–Crippen MR) is 155 cm³/mol. The van der Waals surface area contributed by atoms with Gasteiger partial charge in [-0.2, -0.15) is 0 Å². The summed E-state index contributed by atoms with van der Waals surface area (Å²) < 4.78 is 12.0. The van der Waals surface area contributed by atoms with Gasteiger partial charge in [0, 0.05) is 11.1 Å². The van der Waals surface area contributed by atoms with Crippen molar-refractivity contribution in [1.82, 2.24) is 19.9 Å². The number of hydrogen-bond acceptors (Lipinski definition) is 8. The molecule has 1 saturated heterocycles. The minimum absolute atomic E-state index is 0. The van der Waals surface area contributed by atoms with Gasteiger partial charge >= 0.3 is 0 Å². The highest BCUT2D eigenvalue weighted by Crippen LogP contribution is 2.29. The van der Waals surface area contributed by atoms with Crippen molar-refractivity contribution in [2.75, 3.05) is 11.9 Å². The maximum Gasteiger partial charge on any atom is 0.234 e. The molecule has 3 N–H and O–H groups in total. The standard InChI is InChI=1S/C30H28N6O3.ClH/c31-29(37)27-7-4-14-36(27)17-23-12-13-28(39-23)25-15-24-26(16-32-25)33-19-34-30(24)35-21-8-10-22(11-9-21)38-18-20-5-2-1-3-6-20;/h1-3,5-6,8-13,15-16,19,27H,4,7,14,17-18H2,(H2,31,37)(H,33,34,35);1H/t27-;/m1./s1. The van der Waals surface area contributed by atoms with E-state index in [2.05, 4.69) is 25.2 Å². The van der Waals surface area contributed by atoms with Crippen molar-refractivity contribution in [3.63, 3.8) is 0 Å². The van der Waals surface area contributed by atoms with Crippen LogP contribution in [0.3, 0.4) is 0 Å². The maximum absolute atomic E-state index is 11.7. The smallest absolute Gasteiger partial charge is 0.234 e. The van der Waals surface area contributed by atoms with Gasteiger partial charge in [-0.05, 0) is 67.4 Å². The first-order valence-electron chi connectivity index (χ1n) is 12.9. The van der Waals surface area contributed by atoms with Crippen LogP contribution < -0.4 is 15.8 Å². The van der Waals surface area contributed by atoms with Gasteiger partial charge in [0.1, 0.15) is 36.0 Å². The van der Waals surface area contributed by atoms with E-state index >= 15 is 0 Å². The number of furan rings is 1. The Balaban J connectivity index is 0.00000323. The SMILES string of the molecule is Cl.NC(=O)[C@H]1CCCN1Cc1ccc(-c2cc3c(Nc4ccc(OCc5ccccc5)cc4)ncnc3cn2)o1. The van der Waals surface area contributed by atoms with Gasteiger partial charge in [0.15, 0.2) is 5.76 Å². The minimum Gasteiger partial charge on any atom is -0.489 e. The van der Waals surface area contributed by atoms with E-state index in [4.69, 9.17) is 14.9 Å². The van der Waals surface area contributed by atoms with Gasteiger partial charge in [0.05, 0.1) is 24.3 Å². The first-order valence-corrected chi connectivity index (χ1v) is 12.9. The largest absolute Gasteiger partial charge is 0.489 e. The first-order chi connectivity index (χ1) is 19.1. The zero-order valence-electron chi connectivity index (χ0n) is 21.7. The summed E-state index contributed by atoms with van der Waals surface area (Å²) in [4.78, 5) is 27.2. The summed E-state index contributed by atoms with van der Waals surface area (Å²) in [5, 5.41) is 4.20. The lowest BCUT2D eigenvalue weighted by molar-refractivity contribution is -0.122. The van der Waals surface area contributed by atoms with E-state index in [0.717, 1.165) is 47.5 Å². The summed E-state index contributed by atoms with van der Waals surface area (Å²) in [6.45, 7) is 1.87. The van der Waals surface area contributed by atoms with Gasteiger partial charge in [0.25, 0.3) is 0 Å². The van der Waals surface area contributed by atoms with Crippen LogP contribution in [0.25, 0.3) is 22.4 Å². The molecule has 0 unspecified atom stereocenters. The maximum atomic E-state index is 11.7. The second kappa shape index (κ2) is 12.1. The number of anilines is 2. The Kier molecular flexibility index (Phi) is 8.23. The minimum atomic E-state index is -0.287. The van der Waals surface area contributed by atoms with Crippen molar-refractivity contribution in [2.24, 2.45) is 5.73 Å². The van der Waals surface area contributed by atoms with Crippen molar-refractivity contribution >= 4 is 40.7 Å². The molecule has 4 heterocycles. The molecule has 5 aromatic rings. The summed E-state index contributed by atoms with van der Waals surface area (Å²) in [6, 6.07) is 23.3. The molecular weight excluding hydrogens is 528 g/mol. The van der Waals surface area contributed by atoms with Crippen LogP contribution in [-0.4, -0.2) is 38.3 Å². The Morgan fingerprint density at radius 1 is 1.05 bits per heavy atom. The summed E-state index contributed by atoms with van der Waals surface area (Å²) >= 11 is 0. The molecule has 1 aliphatic rings. The van der Waals surface area contributed by atoms with E-state index in [1.165, 1.54) is 6.33 Å². The zero-order chi connectivity index (χ0) is 26.6. The third kappa shape index (κ3) is 6.06. The molecule has 40 heavy (non-hydrogen) atoms. The average Bonchev–Trinajstić information content (AvgIpc) is 3.63. The second-order valence-corrected chi connectivity index (χ2v) is 9.53. The van der Waals surface area contributed by atoms with Crippen LogP contribution >= 0.6 is 12.4 Å². The molecule has 0 radical (unpaired) electrons. The van der Waals surface area contributed by atoms with Gasteiger partial charge in [-0.15, -0.1) is 12.4 Å². The third-order valence-electron chi connectivity index (χ3n) is 6.85. The Labute approximate surface area is 237 Å². The number of carbonyl (C=O) groups excluding carboxylic acids is 1. The number of aromatic nitrogens is 3. The van der Waals surface area contributed by atoms with Crippen molar-refractivity contribution in [3.8, 4) is 17.2 Å². The molecular formula is C30H29ClN6O3. The lowest BCUT2D eigenvalue weighted by Gasteiger charge is -2.20. The Morgan fingerprint density at radius 3 is 2.67 bits per heavy atom. The molecule has 2 aromatic carbocycles. The van der Waals surface area contributed by atoms with Crippen molar-refractivity contribution in [3.05, 3.63) is 96.6 Å². The number of fused-ring (bicyclic) bond motifs is 1. The van der Waals surface area contributed by atoms with Crippen LogP contribution in [0, 0.1) is 0 Å². The topological polar surface area (TPSA) is 119 Å². The van der Waals surface area contributed by atoms with Gasteiger partial charge < -0.3 is 20.2 Å². The predicted octanol–water partition coefficient (Wildman–Crippen LogP) is 5.48. The van der Waals surface area contributed by atoms with Crippen LogP contribution in [0.5, 0.6) is 5.75 Å². The number of amides is 1. The highest BCUT2D eigenvalue weighted by Gasteiger charge is 2.29. The molecule has 0 bridgehead atoms. The number of carbonyl (C=O) groups is 1. The molecule has 3 aromatic heterocycles. The first kappa shape index (κ1) is 27.1. The van der Waals surface area contributed by atoms with E-state index in [0.29, 0.717) is 35.9 Å². The van der Waals surface area contributed by atoms with Crippen LogP contribution in [0.15, 0.2) is 89.7 Å². The lowest BCUT2D eigenvalue weighted by Crippen LogP contribution is -2.39. The molecule has 1 fully saturated rings. The molecule has 0 spiro atoms. The summed E-state index contributed by atoms with van der Waals surface area (Å²) in [5.74, 6) is 2.56. The van der Waals surface area contributed by atoms with Crippen LogP contribution in [-0.2, 0) is 17.9 Å². The monoisotopic (exact) mass is 556 g/mol. The van der Waals surface area contributed by atoms with E-state index in [1.54, 1.807) is 6.20 Å². The van der Waals surface area contributed by atoms with Gasteiger partial charge in [-0.25, -0.2) is 9.97 Å². The molecule has 10 heteroatoms. The van der Waals surface area contributed by atoms with Crippen molar-refractivity contribution in [2.45, 2.75) is 32.0 Å². The highest BCUT2D eigenvalue weighted by molar-refractivity contribution is 5.92. The summed E-state index contributed by atoms with van der Waals surface area (Å²) in [7, 11) is 0. The molecule has 1 aliphatic heterocycles. The number of ether oxygens (including phenoxy) is 1.